The monoisotopic (exact) mass is 531 g/mol. The Hall–Kier alpha value is -3.33. The second-order valence-corrected chi connectivity index (χ2v) is 9.42. The number of amides is 1. The highest BCUT2D eigenvalue weighted by Gasteiger charge is 2.58. The summed E-state index contributed by atoms with van der Waals surface area (Å²) in [4.78, 5) is 13.0. The minimum absolute atomic E-state index is 0.0996. The van der Waals surface area contributed by atoms with Crippen molar-refractivity contribution >= 4 is 40.2 Å². The fraction of sp³-hybridized carbons (Fsp3) is 0.357. The Labute approximate surface area is 220 Å². The third-order valence-corrected chi connectivity index (χ3v) is 6.52. The van der Waals surface area contributed by atoms with Crippen molar-refractivity contribution in [3.8, 4) is 5.75 Å². The normalized spacial score (nSPS) is 17.1. The number of hydrogen-bond donors (Lipinski definition) is 4. The van der Waals surface area contributed by atoms with E-state index in [0.29, 0.717) is 12.1 Å². The average molecular weight is 532 g/mol. The summed E-state index contributed by atoms with van der Waals surface area (Å²) < 4.78 is 42.6. The van der Waals surface area contributed by atoms with Crippen molar-refractivity contribution in [1.29, 1.82) is 0 Å². The van der Waals surface area contributed by atoms with Crippen LogP contribution in [0.4, 0.5) is 24.5 Å². The van der Waals surface area contributed by atoms with Crippen molar-refractivity contribution in [2.24, 2.45) is 5.41 Å². The van der Waals surface area contributed by atoms with Crippen LogP contribution in [0.2, 0.25) is 0 Å². The van der Waals surface area contributed by atoms with E-state index in [0.717, 1.165) is 37.3 Å². The van der Waals surface area contributed by atoms with Gasteiger partial charge in [-0.05, 0) is 54.4 Å². The quantitative estimate of drug-likeness (QED) is 0.113. The van der Waals surface area contributed by atoms with Crippen molar-refractivity contribution in [3.63, 3.8) is 0 Å². The maximum Gasteiger partial charge on any atom is 0.406 e. The second-order valence-electron chi connectivity index (χ2n) is 9.01. The summed E-state index contributed by atoms with van der Waals surface area (Å²) in [5.74, 6) is -1.35. The lowest BCUT2D eigenvalue weighted by Gasteiger charge is -2.33. The van der Waals surface area contributed by atoms with Gasteiger partial charge >= 0.3 is 6.18 Å². The number of benzene rings is 2. The fourth-order valence-corrected chi connectivity index (χ4v) is 4.26. The fourth-order valence-electron chi connectivity index (χ4n) is 4.04. The van der Waals surface area contributed by atoms with Crippen LogP contribution in [0.25, 0.3) is 5.57 Å². The van der Waals surface area contributed by atoms with Crippen LogP contribution in [0.3, 0.4) is 0 Å². The molecule has 1 amide bonds. The molecule has 0 aliphatic heterocycles. The minimum Gasteiger partial charge on any atom is -0.506 e. The molecule has 0 aromatic heterocycles. The number of carbonyl (C=O) groups excluding carboxylic acids is 1. The maximum absolute atomic E-state index is 14.2. The van der Waals surface area contributed by atoms with Crippen LogP contribution in [0.5, 0.6) is 5.75 Å². The first kappa shape index (κ1) is 28.2. The van der Waals surface area contributed by atoms with Crippen molar-refractivity contribution < 1.29 is 23.1 Å². The summed E-state index contributed by atoms with van der Waals surface area (Å²) in [7, 11) is 0. The van der Waals surface area contributed by atoms with E-state index in [1.807, 2.05) is 6.07 Å². The van der Waals surface area contributed by atoms with E-state index < -0.39 is 23.9 Å². The van der Waals surface area contributed by atoms with E-state index in [9.17, 15) is 23.1 Å². The Morgan fingerprint density at radius 3 is 2.43 bits per heavy atom. The Balaban J connectivity index is 1.67. The van der Waals surface area contributed by atoms with E-state index in [2.05, 4.69) is 22.9 Å². The van der Waals surface area contributed by atoms with E-state index in [4.69, 9.17) is 12.2 Å². The molecule has 1 atom stereocenters. The molecule has 198 valence electrons. The summed E-state index contributed by atoms with van der Waals surface area (Å²) in [6.45, 7) is 2.81. The molecule has 0 saturated carbocycles. The lowest BCUT2D eigenvalue weighted by atomic mass is 9.77. The zero-order valence-corrected chi connectivity index (χ0v) is 21.5. The summed E-state index contributed by atoms with van der Waals surface area (Å²) in [5.41, 5.74) is -1.05. The molecule has 9 heteroatoms. The number of anilines is 2. The van der Waals surface area contributed by atoms with Crippen LogP contribution in [0.1, 0.15) is 51.0 Å². The Morgan fingerprint density at radius 2 is 1.78 bits per heavy atom. The van der Waals surface area contributed by atoms with Crippen molar-refractivity contribution in [1.82, 2.24) is 5.32 Å². The third kappa shape index (κ3) is 7.35. The van der Waals surface area contributed by atoms with Gasteiger partial charge in [-0.2, -0.15) is 13.2 Å². The molecule has 37 heavy (non-hydrogen) atoms. The number of nitrogens with one attached hydrogen (secondary N) is 3. The average Bonchev–Trinajstić information content (AvgIpc) is 2.88. The second kappa shape index (κ2) is 12.8. The molecular formula is C28H32F3N3O2S. The van der Waals surface area contributed by atoms with Crippen LogP contribution >= 0.6 is 12.2 Å². The highest BCUT2D eigenvalue weighted by molar-refractivity contribution is 7.80. The van der Waals surface area contributed by atoms with E-state index in [1.165, 1.54) is 36.8 Å². The summed E-state index contributed by atoms with van der Waals surface area (Å²) in [5, 5.41) is 18.7. The molecule has 0 heterocycles. The Kier molecular flexibility index (Phi) is 9.74. The SMILES string of the molecule is CCCCCCCNC(=S)Nc1cc(NC(=O)C2(C(F)(F)F)C=CC(c3ccccc3)=CC2)ccc1O. The van der Waals surface area contributed by atoms with Gasteiger partial charge in [0.05, 0.1) is 5.69 Å². The van der Waals surface area contributed by atoms with Gasteiger partial charge in [-0.1, -0.05) is 81.2 Å². The van der Waals surface area contributed by atoms with Gasteiger partial charge in [-0.15, -0.1) is 0 Å². The summed E-state index contributed by atoms with van der Waals surface area (Å²) in [6, 6.07) is 13.0. The van der Waals surface area contributed by atoms with Gasteiger partial charge < -0.3 is 21.1 Å². The number of rotatable bonds is 10. The van der Waals surface area contributed by atoms with Crippen LogP contribution in [-0.4, -0.2) is 28.8 Å². The molecular weight excluding hydrogens is 499 g/mol. The number of phenolic OH excluding ortho intramolecular Hbond substituents is 1. The van der Waals surface area contributed by atoms with Gasteiger partial charge in [-0.3, -0.25) is 4.79 Å². The van der Waals surface area contributed by atoms with Gasteiger partial charge in [0.15, 0.2) is 10.5 Å². The van der Waals surface area contributed by atoms with Crippen LogP contribution in [0, 0.1) is 5.41 Å². The lowest BCUT2D eigenvalue weighted by molar-refractivity contribution is -0.203. The van der Waals surface area contributed by atoms with Crippen molar-refractivity contribution in [3.05, 3.63) is 72.3 Å². The van der Waals surface area contributed by atoms with Gasteiger partial charge in [0, 0.05) is 12.2 Å². The minimum atomic E-state index is -4.81. The maximum atomic E-state index is 14.2. The number of unbranched alkanes of at least 4 members (excludes halogenated alkanes) is 4. The van der Waals surface area contributed by atoms with E-state index >= 15 is 0 Å². The molecule has 3 rings (SSSR count). The molecule has 0 bridgehead atoms. The highest BCUT2D eigenvalue weighted by Crippen LogP contribution is 2.47. The van der Waals surface area contributed by atoms with Crippen molar-refractivity contribution in [2.75, 3.05) is 17.2 Å². The van der Waals surface area contributed by atoms with Gasteiger partial charge in [0.1, 0.15) is 5.75 Å². The molecule has 0 spiro atoms. The number of halogens is 3. The van der Waals surface area contributed by atoms with Gasteiger partial charge in [0.25, 0.3) is 0 Å². The van der Waals surface area contributed by atoms with Gasteiger partial charge in [-0.25, -0.2) is 0 Å². The predicted octanol–water partition coefficient (Wildman–Crippen LogP) is 7.18. The largest absolute Gasteiger partial charge is 0.506 e. The zero-order valence-electron chi connectivity index (χ0n) is 20.7. The predicted molar refractivity (Wildman–Crippen MR) is 146 cm³/mol. The first-order chi connectivity index (χ1) is 17.7. The van der Waals surface area contributed by atoms with E-state index in [1.54, 1.807) is 24.3 Å². The lowest BCUT2D eigenvalue weighted by Crippen LogP contribution is -2.47. The molecule has 2 aromatic carbocycles. The van der Waals surface area contributed by atoms with E-state index in [-0.39, 0.29) is 22.2 Å². The highest BCUT2D eigenvalue weighted by atomic mass is 32.1. The molecule has 0 saturated heterocycles. The molecule has 0 fully saturated rings. The molecule has 1 aliphatic carbocycles. The third-order valence-electron chi connectivity index (χ3n) is 6.28. The Morgan fingerprint density at radius 1 is 1.05 bits per heavy atom. The van der Waals surface area contributed by atoms with Gasteiger partial charge in [0.2, 0.25) is 5.91 Å². The topological polar surface area (TPSA) is 73.4 Å². The van der Waals surface area contributed by atoms with Crippen LogP contribution < -0.4 is 16.0 Å². The number of phenols is 1. The zero-order chi connectivity index (χ0) is 26.9. The summed E-state index contributed by atoms with van der Waals surface area (Å²) in [6.07, 6.45) is 3.86. The van der Waals surface area contributed by atoms with Crippen LogP contribution in [-0.2, 0) is 4.79 Å². The number of hydrogen-bond acceptors (Lipinski definition) is 3. The summed E-state index contributed by atoms with van der Waals surface area (Å²) >= 11 is 5.26. The number of thiocarbonyl (C=S) groups is 1. The smallest absolute Gasteiger partial charge is 0.406 e. The first-order valence-corrected chi connectivity index (χ1v) is 12.8. The number of aromatic hydroxyl groups is 1. The standard InChI is InChI=1S/C28H32F3N3O2S/c1-2-3-4-5-9-18-32-26(37)34-23-19-22(12-13-24(23)35)33-25(36)27(28(29,30)31)16-14-21(15-17-27)20-10-7-6-8-11-20/h6-8,10-16,19,35H,2-5,9,17-18H2,1H3,(H,33,36)(H2,32,34,37). The van der Waals surface area contributed by atoms with Crippen molar-refractivity contribution in [2.45, 2.75) is 51.6 Å². The molecule has 1 unspecified atom stereocenters. The first-order valence-electron chi connectivity index (χ1n) is 12.4. The van der Waals surface area contributed by atoms with Crippen LogP contribution in [0.15, 0.2) is 66.8 Å². The molecule has 4 N–H and O–H groups in total. The molecule has 1 aliphatic rings. The number of carbonyl (C=O) groups is 1. The molecule has 2 aromatic rings. The molecule has 5 nitrogen and oxygen atoms in total. The molecule has 0 radical (unpaired) electrons. The number of alkyl halides is 3. The Bertz CT molecular complexity index is 1150. The number of allylic oxidation sites excluding steroid dienone is 3.